The van der Waals surface area contributed by atoms with Crippen LogP contribution in [0.1, 0.15) is 19.4 Å². The Bertz CT molecular complexity index is 518. The molecule has 4 nitrogen and oxygen atoms in total. The van der Waals surface area contributed by atoms with Crippen LogP contribution in [-0.2, 0) is 0 Å². The summed E-state index contributed by atoms with van der Waals surface area (Å²) in [4.78, 5) is 11.0. The molecule has 1 heterocycles. The summed E-state index contributed by atoms with van der Waals surface area (Å²) >= 11 is 0. The highest BCUT2D eigenvalue weighted by molar-refractivity contribution is 5.55. The topological polar surface area (TPSA) is 41.1 Å². The molecule has 0 unspecified atom stereocenters. The van der Waals surface area contributed by atoms with Crippen LogP contribution < -0.4 is 10.2 Å². The van der Waals surface area contributed by atoms with Gasteiger partial charge in [-0.25, -0.2) is 4.98 Å². The Kier molecular flexibility index (Phi) is 4.34. The van der Waals surface area contributed by atoms with Crippen LogP contribution in [0.2, 0.25) is 0 Å². The molecule has 0 aliphatic carbocycles. The summed E-state index contributed by atoms with van der Waals surface area (Å²) in [5.41, 5.74) is 2.24. The molecular weight excluding hydrogens is 236 g/mol. The first-order valence-electron chi connectivity index (χ1n) is 6.64. The maximum Gasteiger partial charge on any atom is 0.229 e. The average molecular weight is 256 g/mol. The number of hydrogen-bond acceptors (Lipinski definition) is 4. The van der Waals surface area contributed by atoms with Crippen molar-refractivity contribution in [3.05, 3.63) is 42.1 Å². The van der Waals surface area contributed by atoms with Crippen LogP contribution in [0.4, 0.5) is 17.5 Å². The van der Waals surface area contributed by atoms with Gasteiger partial charge >= 0.3 is 0 Å². The van der Waals surface area contributed by atoms with E-state index in [0.29, 0.717) is 5.95 Å². The highest BCUT2D eigenvalue weighted by Gasteiger charge is 2.05. The zero-order chi connectivity index (χ0) is 13.7. The van der Waals surface area contributed by atoms with Crippen LogP contribution in [-0.4, -0.2) is 23.1 Å². The van der Waals surface area contributed by atoms with E-state index in [-0.39, 0.29) is 0 Å². The maximum atomic E-state index is 4.54. The molecule has 0 atom stereocenters. The summed E-state index contributed by atoms with van der Waals surface area (Å²) in [6.45, 7) is 8.20. The molecule has 0 amide bonds. The van der Waals surface area contributed by atoms with Crippen molar-refractivity contribution in [1.82, 2.24) is 9.97 Å². The Morgan fingerprint density at radius 1 is 1.05 bits per heavy atom. The Morgan fingerprint density at radius 2 is 1.74 bits per heavy atom. The van der Waals surface area contributed by atoms with Gasteiger partial charge in [0.2, 0.25) is 5.95 Å². The van der Waals surface area contributed by atoms with Gasteiger partial charge in [-0.3, -0.25) is 0 Å². The van der Waals surface area contributed by atoms with Gasteiger partial charge < -0.3 is 10.2 Å². The molecule has 100 valence electrons. The predicted molar refractivity (Wildman–Crippen MR) is 80.1 cm³/mol. The normalized spacial score (nSPS) is 10.3. The van der Waals surface area contributed by atoms with E-state index >= 15 is 0 Å². The largest absolute Gasteiger partial charge is 0.357 e. The first-order valence-corrected chi connectivity index (χ1v) is 6.64. The number of hydrogen-bond donors (Lipinski definition) is 1. The van der Waals surface area contributed by atoms with Gasteiger partial charge in [0.25, 0.3) is 0 Å². The van der Waals surface area contributed by atoms with Gasteiger partial charge in [0, 0.05) is 25.0 Å². The molecule has 19 heavy (non-hydrogen) atoms. The molecule has 0 saturated heterocycles. The number of nitrogens with zero attached hydrogens (tertiary/aromatic N) is 3. The first kappa shape index (κ1) is 13.3. The SMILES string of the molecule is CCN(CC)c1ccnc(Nc2ccc(C)cc2)n1. The molecule has 1 aromatic heterocycles. The van der Waals surface area contributed by atoms with E-state index in [2.05, 4.69) is 53.1 Å². The summed E-state index contributed by atoms with van der Waals surface area (Å²) < 4.78 is 0. The molecule has 0 aliphatic heterocycles. The van der Waals surface area contributed by atoms with E-state index in [1.165, 1.54) is 5.56 Å². The summed E-state index contributed by atoms with van der Waals surface area (Å²) in [6.07, 6.45) is 1.79. The van der Waals surface area contributed by atoms with Gasteiger partial charge in [-0.2, -0.15) is 4.98 Å². The van der Waals surface area contributed by atoms with Gasteiger partial charge in [0.15, 0.2) is 0 Å². The number of benzene rings is 1. The zero-order valence-electron chi connectivity index (χ0n) is 11.7. The van der Waals surface area contributed by atoms with E-state index in [1.807, 2.05) is 18.2 Å². The third-order valence-electron chi connectivity index (χ3n) is 3.04. The Morgan fingerprint density at radius 3 is 2.37 bits per heavy atom. The third-order valence-corrected chi connectivity index (χ3v) is 3.04. The molecule has 2 aromatic rings. The monoisotopic (exact) mass is 256 g/mol. The van der Waals surface area contributed by atoms with E-state index in [4.69, 9.17) is 0 Å². The van der Waals surface area contributed by atoms with Crippen molar-refractivity contribution >= 4 is 17.5 Å². The van der Waals surface area contributed by atoms with Crippen molar-refractivity contribution < 1.29 is 0 Å². The summed E-state index contributed by atoms with van der Waals surface area (Å²) in [6, 6.07) is 10.1. The summed E-state index contributed by atoms with van der Waals surface area (Å²) in [5, 5.41) is 3.23. The second-order valence-corrected chi connectivity index (χ2v) is 4.40. The first-order chi connectivity index (χ1) is 9.22. The fourth-order valence-electron chi connectivity index (χ4n) is 1.90. The minimum Gasteiger partial charge on any atom is -0.357 e. The number of aryl methyl sites for hydroxylation is 1. The fourth-order valence-corrected chi connectivity index (χ4v) is 1.90. The standard InChI is InChI=1S/C15H20N4/c1-4-19(5-2)14-10-11-16-15(18-14)17-13-8-6-12(3)7-9-13/h6-11H,4-5H2,1-3H3,(H,16,17,18). The minimum absolute atomic E-state index is 0.633. The van der Waals surface area contributed by atoms with Gasteiger partial charge in [0.1, 0.15) is 5.82 Å². The van der Waals surface area contributed by atoms with Crippen LogP contribution in [0.25, 0.3) is 0 Å². The average Bonchev–Trinajstić information content (AvgIpc) is 2.43. The quantitative estimate of drug-likeness (QED) is 0.890. The number of anilines is 3. The zero-order valence-corrected chi connectivity index (χ0v) is 11.7. The molecule has 0 bridgehead atoms. The van der Waals surface area contributed by atoms with Gasteiger partial charge in [-0.1, -0.05) is 17.7 Å². The molecule has 0 saturated carbocycles. The maximum absolute atomic E-state index is 4.54. The lowest BCUT2D eigenvalue weighted by molar-refractivity contribution is 0.843. The van der Waals surface area contributed by atoms with E-state index in [1.54, 1.807) is 6.20 Å². The second-order valence-electron chi connectivity index (χ2n) is 4.40. The van der Waals surface area contributed by atoms with Gasteiger partial charge in [0.05, 0.1) is 0 Å². The van der Waals surface area contributed by atoms with Crippen molar-refractivity contribution in [3.63, 3.8) is 0 Å². The van der Waals surface area contributed by atoms with Crippen LogP contribution in [0.5, 0.6) is 0 Å². The van der Waals surface area contributed by atoms with Crippen molar-refractivity contribution in [2.45, 2.75) is 20.8 Å². The van der Waals surface area contributed by atoms with Crippen molar-refractivity contribution in [3.8, 4) is 0 Å². The fraction of sp³-hybridized carbons (Fsp3) is 0.333. The summed E-state index contributed by atoms with van der Waals surface area (Å²) in [5.74, 6) is 1.59. The highest BCUT2D eigenvalue weighted by atomic mass is 15.2. The van der Waals surface area contributed by atoms with Crippen LogP contribution in [0.15, 0.2) is 36.5 Å². The van der Waals surface area contributed by atoms with Crippen molar-refractivity contribution in [1.29, 1.82) is 0 Å². The van der Waals surface area contributed by atoms with Crippen molar-refractivity contribution in [2.75, 3.05) is 23.3 Å². The molecule has 0 fully saturated rings. The molecular formula is C15H20N4. The minimum atomic E-state index is 0.633. The van der Waals surface area contributed by atoms with Crippen molar-refractivity contribution in [2.24, 2.45) is 0 Å². The Hall–Kier alpha value is -2.10. The molecule has 0 spiro atoms. The number of nitrogens with one attached hydrogen (secondary N) is 1. The number of rotatable bonds is 5. The van der Waals surface area contributed by atoms with E-state index in [0.717, 1.165) is 24.6 Å². The van der Waals surface area contributed by atoms with E-state index < -0.39 is 0 Å². The molecule has 2 rings (SSSR count). The molecule has 0 radical (unpaired) electrons. The van der Waals surface area contributed by atoms with Crippen LogP contribution in [0.3, 0.4) is 0 Å². The highest BCUT2D eigenvalue weighted by Crippen LogP contribution is 2.16. The summed E-state index contributed by atoms with van der Waals surface area (Å²) in [7, 11) is 0. The number of aromatic nitrogens is 2. The second kappa shape index (κ2) is 6.18. The van der Waals surface area contributed by atoms with Crippen LogP contribution >= 0.6 is 0 Å². The molecule has 1 aromatic carbocycles. The lowest BCUT2D eigenvalue weighted by Crippen LogP contribution is -2.23. The third kappa shape index (κ3) is 3.44. The lowest BCUT2D eigenvalue weighted by Gasteiger charge is -2.19. The van der Waals surface area contributed by atoms with Gasteiger partial charge in [-0.15, -0.1) is 0 Å². The molecule has 1 N–H and O–H groups in total. The Balaban J connectivity index is 2.17. The Labute approximate surface area is 114 Å². The smallest absolute Gasteiger partial charge is 0.229 e. The van der Waals surface area contributed by atoms with E-state index in [9.17, 15) is 0 Å². The van der Waals surface area contributed by atoms with Gasteiger partial charge in [-0.05, 0) is 39.0 Å². The molecule has 0 aliphatic rings. The molecule has 4 heteroatoms. The predicted octanol–water partition coefficient (Wildman–Crippen LogP) is 3.37. The lowest BCUT2D eigenvalue weighted by atomic mass is 10.2. The van der Waals surface area contributed by atoms with Crippen LogP contribution in [0, 0.1) is 6.92 Å².